The molecule has 0 aliphatic carbocycles. The van der Waals surface area contributed by atoms with Crippen molar-refractivity contribution in [2.75, 3.05) is 0 Å². The van der Waals surface area contributed by atoms with Gasteiger partial charge in [-0.25, -0.2) is 9.97 Å². The fraction of sp³-hybridized carbons (Fsp3) is 0.200. The van der Waals surface area contributed by atoms with E-state index in [1.54, 1.807) is 6.20 Å². The molecule has 3 heterocycles. The monoisotopic (exact) mass is 378 g/mol. The van der Waals surface area contributed by atoms with Gasteiger partial charge in [0.2, 0.25) is 5.91 Å². The molecule has 1 atom stereocenters. The van der Waals surface area contributed by atoms with Crippen molar-refractivity contribution in [3.63, 3.8) is 0 Å². The van der Waals surface area contributed by atoms with Crippen molar-refractivity contribution in [3.05, 3.63) is 70.9 Å². The summed E-state index contributed by atoms with van der Waals surface area (Å²) in [5, 5.41) is 3.78. The summed E-state index contributed by atoms with van der Waals surface area (Å²) in [6, 6.07) is 12.8. The zero-order valence-electron chi connectivity index (χ0n) is 14.8. The van der Waals surface area contributed by atoms with Crippen LogP contribution < -0.4 is 10.9 Å². The summed E-state index contributed by atoms with van der Waals surface area (Å²) in [7, 11) is 0. The fourth-order valence-corrected chi connectivity index (χ4v) is 4.15. The van der Waals surface area contributed by atoms with Crippen molar-refractivity contribution < 1.29 is 4.79 Å². The fourth-order valence-electron chi connectivity index (χ4n) is 3.12. The number of nitrogens with one attached hydrogen (secondary N) is 1. The lowest BCUT2D eigenvalue weighted by atomic mass is 10.2. The number of nitrogens with zero attached hydrogens (tertiary/aromatic N) is 3. The molecule has 1 amide bonds. The molecule has 0 spiro atoms. The molecule has 0 saturated carbocycles. The first-order chi connectivity index (χ1) is 13.2. The topological polar surface area (TPSA) is 76.9 Å². The van der Waals surface area contributed by atoms with Crippen LogP contribution in [0.5, 0.6) is 0 Å². The zero-order chi connectivity index (χ0) is 18.8. The molecular weight excluding hydrogens is 360 g/mol. The van der Waals surface area contributed by atoms with Crippen LogP contribution in [-0.4, -0.2) is 20.4 Å². The molecule has 6 nitrogen and oxygen atoms in total. The molecule has 0 aliphatic heterocycles. The van der Waals surface area contributed by atoms with Crippen LogP contribution in [0.4, 0.5) is 0 Å². The maximum Gasteiger partial charge on any atom is 0.272 e. The molecule has 136 valence electrons. The molecule has 4 aromatic rings. The molecular formula is C20H18N4O2S. The van der Waals surface area contributed by atoms with Crippen molar-refractivity contribution >= 4 is 37.7 Å². The van der Waals surface area contributed by atoms with Crippen molar-refractivity contribution in [2.45, 2.75) is 25.9 Å². The average Bonchev–Trinajstić information content (AvgIpc) is 3.09. The lowest BCUT2D eigenvalue weighted by Gasteiger charge is -2.17. The van der Waals surface area contributed by atoms with E-state index in [9.17, 15) is 9.59 Å². The minimum atomic E-state index is -0.601. The van der Waals surface area contributed by atoms with E-state index in [-0.39, 0.29) is 11.5 Å². The van der Waals surface area contributed by atoms with E-state index in [0.717, 1.165) is 15.8 Å². The number of fused-ring (bicyclic) bond motifs is 3. The van der Waals surface area contributed by atoms with Gasteiger partial charge in [-0.15, -0.1) is 11.3 Å². The summed E-state index contributed by atoms with van der Waals surface area (Å²) in [6.45, 7) is 2.31. The Morgan fingerprint density at radius 3 is 2.78 bits per heavy atom. The molecule has 0 saturated heterocycles. The molecule has 0 aliphatic rings. The van der Waals surface area contributed by atoms with Crippen LogP contribution in [-0.2, 0) is 11.3 Å². The smallest absolute Gasteiger partial charge is 0.272 e. The third-order valence-corrected chi connectivity index (χ3v) is 5.61. The number of hydrogen-bond acceptors (Lipinski definition) is 5. The Morgan fingerprint density at radius 1 is 1.19 bits per heavy atom. The van der Waals surface area contributed by atoms with Crippen LogP contribution in [0.15, 0.2) is 59.8 Å². The van der Waals surface area contributed by atoms with Gasteiger partial charge in [-0.1, -0.05) is 37.3 Å². The molecule has 7 heteroatoms. The van der Waals surface area contributed by atoms with Crippen molar-refractivity contribution in [2.24, 2.45) is 0 Å². The number of thiophene rings is 1. The van der Waals surface area contributed by atoms with Gasteiger partial charge in [0, 0.05) is 18.1 Å². The van der Waals surface area contributed by atoms with E-state index in [1.165, 1.54) is 22.2 Å². The van der Waals surface area contributed by atoms with Crippen LogP contribution >= 0.6 is 11.3 Å². The Balaban J connectivity index is 1.66. The Bertz CT molecular complexity index is 1170. The quantitative estimate of drug-likeness (QED) is 0.578. The summed E-state index contributed by atoms with van der Waals surface area (Å²) in [6.07, 6.45) is 3.67. The summed E-state index contributed by atoms with van der Waals surface area (Å²) < 4.78 is 1.96. The van der Waals surface area contributed by atoms with Crippen molar-refractivity contribution in [3.8, 4) is 0 Å². The number of rotatable bonds is 5. The van der Waals surface area contributed by atoms with Gasteiger partial charge in [-0.3, -0.25) is 14.2 Å². The molecule has 0 radical (unpaired) electrons. The average molecular weight is 378 g/mol. The number of aromatic nitrogens is 3. The van der Waals surface area contributed by atoms with E-state index in [2.05, 4.69) is 15.3 Å². The molecule has 0 bridgehead atoms. The Labute approximate surface area is 159 Å². The number of hydrogen-bond donors (Lipinski definition) is 1. The third-order valence-electron chi connectivity index (χ3n) is 4.51. The highest BCUT2D eigenvalue weighted by Gasteiger charge is 2.22. The van der Waals surface area contributed by atoms with Crippen molar-refractivity contribution in [1.29, 1.82) is 0 Å². The maximum atomic E-state index is 13.0. The predicted molar refractivity (Wildman–Crippen MR) is 107 cm³/mol. The molecule has 3 aromatic heterocycles. The minimum absolute atomic E-state index is 0.191. The Morgan fingerprint density at radius 2 is 2.00 bits per heavy atom. The van der Waals surface area contributed by atoms with Gasteiger partial charge in [0.15, 0.2) is 0 Å². The Kier molecular flexibility index (Phi) is 4.68. The molecule has 27 heavy (non-hydrogen) atoms. The van der Waals surface area contributed by atoms with Crippen LogP contribution in [0.3, 0.4) is 0 Å². The first-order valence-corrected chi connectivity index (χ1v) is 9.56. The van der Waals surface area contributed by atoms with Gasteiger partial charge in [0.05, 0.1) is 11.8 Å². The van der Waals surface area contributed by atoms with Crippen LogP contribution in [0.25, 0.3) is 20.4 Å². The van der Waals surface area contributed by atoms with E-state index in [0.29, 0.717) is 23.2 Å². The number of benzene rings is 1. The highest BCUT2D eigenvalue weighted by molar-refractivity contribution is 7.25. The third kappa shape index (κ3) is 3.21. The van der Waals surface area contributed by atoms with Gasteiger partial charge >= 0.3 is 0 Å². The second kappa shape index (κ2) is 7.28. The first kappa shape index (κ1) is 17.4. The second-order valence-electron chi connectivity index (χ2n) is 6.22. The lowest BCUT2D eigenvalue weighted by Crippen LogP contribution is -2.36. The number of carbonyl (C=O) groups excluding carboxylic acids is 1. The summed E-state index contributed by atoms with van der Waals surface area (Å²) in [4.78, 5) is 35.2. The van der Waals surface area contributed by atoms with Gasteiger partial charge in [0.25, 0.3) is 5.56 Å². The SMILES string of the molecule is CC[C@@H](C(=O)NCc1ccccc1)n1cnc2c(sc3ncccc32)c1=O. The van der Waals surface area contributed by atoms with Crippen LogP contribution in [0.1, 0.15) is 24.9 Å². The number of amides is 1. The van der Waals surface area contributed by atoms with E-state index >= 15 is 0 Å². The number of pyridine rings is 1. The van der Waals surface area contributed by atoms with Gasteiger partial charge in [-0.05, 0) is 24.1 Å². The summed E-state index contributed by atoms with van der Waals surface area (Å²) in [5.41, 5.74) is 1.45. The molecule has 1 N–H and O–H groups in total. The summed E-state index contributed by atoms with van der Waals surface area (Å²) >= 11 is 1.31. The zero-order valence-corrected chi connectivity index (χ0v) is 15.6. The maximum absolute atomic E-state index is 13.0. The molecule has 4 rings (SSSR count). The standard InChI is InChI=1S/C20H18N4O2S/c1-2-15(18(25)22-11-13-7-4-3-5-8-13)24-12-23-16-14-9-6-10-21-19(14)27-17(16)20(24)26/h3-10,12,15H,2,11H2,1H3,(H,22,25)/t15-/m0/s1. The molecule has 0 unspecified atom stereocenters. The normalized spacial score (nSPS) is 12.3. The Hall–Kier alpha value is -3.06. The highest BCUT2D eigenvalue weighted by Crippen LogP contribution is 2.28. The summed E-state index contributed by atoms with van der Waals surface area (Å²) in [5.74, 6) is -0.191. The van der Waals surface area contributed by atoms with Crippen molar-refractivity contribution in [1.82, 2.24) is 19.9 Å². The van der Waals surface area contributed by atoms with E-state index < -0.39 is 6.04 Å². The van der Waals surface area contributed by atoms with Gasteiger partial charge in [0.1, 0.15) is 15.6 Å². The molecule has 0 fully saturated rings. The lowest BCUT2D eigenvalue weighted by molar-refractivity contribution is -0.124. The van der Waals surface area contributed by atoms with E-state index in [4.69, 9.17) is 0 Å². The minimum Gasteiger partial charge on any atom is -0.350 e. The van der Waals surface area contributed by atoms with Gasteiger partial charge in [-0.2, -0.15) is 0 Å². The second-order valence-corrected chi connectivity index (χ2v) is 7.22. The van der Waals surface area contributed by atoms with Crippen LogP contribution in [0.2, 0.25) is 0 Å². The first-order valence-electron chi connectivity index (χ1n) is 8.75. The largest absolute Gasteiger partial charge is 0.350 e. The predicted octanol–water partition coefficient (Wildman–Crippen LogP) is 3.27. The van der Waals surface area contributed by atoms with Crippen LogP contribution in [0, 0.1) is 0 Å². The van der Waals surface area contributed by atoms with E-state index in [1.807, 2.05) is 49.4 Å². The molecule has 1 aromatic carbocycles. The van der Waals surface area contributed by atoms with Gasteiger partial charge < -0.3 is 5.32 Å². The highest BCUT2D eigenvalue weighted by atomic mass is 32.1. The number of carbonyl (C=O) groups is 1.